The van der Waals surface area contributed by atoms with Crippen LogP contribution in [0.25, 0.3) is 0 Å². The third-order valence-electron chi connectivity index (χ3n) is 6.37. The monoisotopic (exact) mass is 483 g/mol. The number of ether oxygens (including phenoxy) is 1. The minimum Gasteiger partial charge on any atom is -0.367 e. The molecule has 3 heterocycles. The Hall–Kier alpha value is -3.04. The Morgan fingerprint density at radius 2 is 1.97 bits per heavy atom. The van der Waals surface area contributed by atoms with Crippen molar-refractivity contribution >= 4 is 22.8 Å². The van der Waals surface area contributed by atoms with E-state index in [1.165, 1.54) is 23.9 Å². The van der Waals surface area contributed by atoms with Crippen molar-refractivity contribution in [2.75, 3.05) is 6.61 Å². The highest BCUT2D eigenvalue weighted by atomic mass is 32.2. The molecule has 4 atom stereocenters. The van der Waals surface area contributed by atoms with E-state index in [2.05, 4.69) is 10.5 Å². The van der Waals surface area contributed by atoms with E-state index in [-0.39, 0.29) is 35.3 Å². The zero-order valence-corrected chi connectivity index (χ0v) is 19.4. The van der Waals surface area contributed by atoms with Gasteiger partial charge in [-0.05, 0) is 31.5 Å². The van der Waals surface area contributed by atoms with Crippen molar-refractivity contribution in [1.29, 1.82) is 0 Å². The molecule has 0 aliphatic carbocycles. The Kier molecular flexibility index (Phi) is 5.99. The molecule has 2 aromatic carbocycles. The van der Waals surface area contributed by atoms with E-state index in [1.807, 2.05) is 26.0 Å². The third-order valence-corrected chi connectivity index (χ3v) is 7.49. The second-order valence-electron chi connectivity index (χ2n) is 8.62. The fourth-order valence-electron chi connectivity index (χ4n) is 4.72. The maximum atomic E-state index is 15.1. The summed E-state index contributed by atoms with van der Waals surface area (Å²) in [6.07, 6.45) is 0.143. The molecule has 5 rings (SSSR count). The molecule has 0 spiro atoms. The number of hydrogen-bond acceptors (Lipinski definition) is 6. The topological polar surface area (TPSA) is 76.7 Å². The van der Waals surface area contributed by atoms with Gasteiger partial charge in [0.2, 0.25) is 0 Å². The predicted molar refractivity (Wildman–Crippen MR) is 124 cm³/mol. The van der Waals surface area contributed by atoms with Crippen LogP contribution >= 0.6 is 11.8 Å². The summed E-state index contributed by atoms with van der Waals surface area (Å²) in [4.78, 5) is 17.7. The van der Waals surface area contributed by atoms with Gasteiger partial charge in [0.05, 0.1) is 12.3 Å². The van der Waals surface area contributed by atoms with Gasteiger partial charge in [0.1, 0.15) is 23.3 Å². The van der Waals surface area contributed by atoms with E-state index < -0.39 is 17.2 Å². The molecule has 2 aliphatic heterocycles. The lowest BCUT2D eigenvalue weighted by atomic mass is 9.72. The Labute approximate surface area is 199 Å². The largest absolute Gasteiger partial charge is 0.367 e. The molecular formula is C25H23F2N3O3S. The summed E-state index contributed by atoms with van der Waals surface area (Å²) in [5, 5.41) is 7.14. The van der Waals surface area contributed by atoms with Gasteiger partial charge >= 0.3 is 0 Å². The van der Waals surface area contributed by atoms with E-state index in [0.29, 0.717) is 22.9 Å². The van der Waals surface area contributed by atoms with Crippen molar-refractivity contribution in [3.8, 4) is 0 Å². The first kappa shape index (κ1) is 22.7. The Morgan fingerprint density at radius 3 is 2.68 bits per heavy atom. The van der Waals surface area contributed by atoms with Gasteiger partial charge in [0.15, 0.2) is 10.9 Å². The summed E-state index contributed by atoms with van der Waals surface area (Å²) in [6.45, 7) is 3.89. The summed E-state index contributed by atoms with van der Waals surface area (Å²) in [5.74, 6) is -1.23. The molecule has 176 valence electrons. The number of nitrogens with zero attached hydrogens (tertiary/aromatic N) is 2. The smallest absolute Gasteiger partial charge is 0.257 e. The summed E-state index contributed by atoms with van der Waals surface area (Å²) in [6, 6.07) is 14.1. The molecule has 0 radical (unpaired) electrons. The highest BCUT2D eigenvalue weighted by Crippen LogP contribution is 2.52. The van der Waals surface area contributed by atoms with E-state index >= 15 is 4.39 Å². The van der Waals surface area contributed by atoms with Crippen LogP contribution in [0.5, 0.6) is 0 Å². The van der Waals surface area contributed by atoms with Gasteiger partial charge in [-0.3, -0.25) is 4.79 Å². The number of carbonyl (C=O) groups excluding carboxylic acids is 1. The number of amidine groups is 1. The molecule has 1 aromatic heterocycles. The maximum absolute atomic E-state index is 15.1. The lowest BCUT2D eigenvalue weighted by Gasteiger charge is -2.48. The molecule has 1 saturated heterocycles. The van der Waals surface area contributed by atoms with Crippen molar-refractivity contribution < 1.29 is 22.8 Å². The summed E-state index contributed by atoms with van der Waals surface area (Å²) < 4.78 is 40.4. The van der Waals surface area contributed by atoms with Gasteiger partial charge in [-0.2, -0.15) is 0 Å². The number of aromatic nitrogens is 1. The number of aliphatic imine (C=N–C) groups is 1. The standard InChI is InChI=1S/C25H23F2N3O3S/c1-14-10-22(33-30-14)21-12-19-15(2)34-24(28-23(31)16-6-4-3-5-7-16)29-25(19,13-32-21)18-9-8-17(26)11-20(18)27/h3-11,15,19,21H,12-13H2,1-2H3,(H,28,29,31)/t15-,19+,21-,25-/m1/s1. The highest BCUT2D eigenvalue weighted by Gasteiger charge is 2.53. The van der Waals surface area contributed by atoms with Crippen LogP contribution in [0.4, 0.5) is 8.78 Å². The van der Waals surface area contributed by atoms with Gasteiger partial charge in [0.25, 0.3) is 5.91 Å². The van der Waals surface area contributed by atoms with Gasteiger partial charge in [-0.15, -0.1) is 0 Å². The molecule has 9 heteroatoms. The number of thioether (sulfide) groups is 1. The van der Waals surface area contributed by atoms with Gasteiger partial charge < -0.3 is 14.6 Å². The number of halogens is 2. The number of fused-ring (bicyclic) bond motifs is 1. The minimum atomic E-state index is -1.13. The van der Waals surface area contributed by atoms with E-state index in [9.17, 15) is 9.18 Å². The Balaban J connectivity index is 1.54. The molecule has 6 nitrogen and oxygen atoms in total. The number of rotatable bonds is 3. The number of benzene rings is 2. The van der Waals surface area contributed by atoms with Crippen LogP contribution < -0.4 is 5.32 Å². The molecule has 2 aliphatic rings. The van der Waals surface area contributed by atoms with E-state index in [1.54, 1.807) is 24.3 Å². The minimum absolute atomic E-state index is 0.0419. The highest BCUT2D eigenvalue weighted by molar-refractivity contribution is 8.14. The Morgan fingerprint density at radius 1 is 1.18 bits per heavy atom. The van der Waals surface area contributed by atoms with Crippen molar-refractivity contribution in [3.63, 3.8) is 0 Å². The van der Waals surface area contributed by atoms with Gasteiger partial charge in [-0.1, -0.05) is 48.1 Å². The first-order chi connectivity index (χ1) is 16.4. The van der Waals surface area contributed by atoms with E-state index in [0.717, 1.165) is 11.8 Å². The molecular weight excluding hydrogens is 460 g/mol. The molecule has 1 amide bonds. The molecule has 34 heavy (non-hydrogen) atoms. The van der Waals surface area contributed by atoms with Crippen LogP contribution in [0.1, 0.15) is 46.8 Å². The average Bonchev–Trinajstić information content (AvgIpc) is 3.25. The predicted octanol–water partition coefficient (Wildman–Crippen LogP) is 5.16. The van der Waals surface area contributed by atoms with Crippen LogP contribution in [0, 0.1) is 24.5 Å². The lowest BCUT2D eigenvalue weighted by molar-refractivity contribution is -0.0745. The molecule has 1 N–H and O–H groups in total. The normalized spacial score (nSPS) is 26.5. The molecule has 0 unspecified atom stereocenters. The number of carbonyl (C=O) groups is 1. The molecule has 0 saturated carbocycles. The van der Waals surface area contributed by atoms with Crippen LogP contribution in [0.2, 0.25) is 0 Å². The van der Waals surface area contributed by atoms with Gasteiger partial charge in [-0.25, -0.2) is 13.8 Å². The first-order valence-corrected chi connectivity index (χ1v) is 11.9. The second-order valence-corrected chi connectivity index (χ2v) is 9.99. The fraction of sp³-hybridized carbons (Fsp3) is 0.320. The van der Waals surface area contributed by atoms with Crippen LogP contribution in [-0.4, -0.2) is 28.1 Å². The average molecular weight is 484 g/mol. The zero-order valence-electron chi connectivity index (χ0n) is 18.6. The Bertz CT molecular complexity index is 1250. The van der Waals surface area contributed by atoms with E-state index in [4.69, 9.17) is 14.3 Å². The summed E-state index contributed by atoms with van der Waals surface area (Å²) >= 11 is 1.42. The quantitative estimate of drug-likeness (QED) is 0.557. The number of aryl methyl sites for hydroxylation is 1. The van der Waals surface area contributed by atoms with Crippen molar-refractivity contribution in [1.82, 2.24) is 10.5 Å². The molecule has 1 fully saturated rings. The van der Waals surface area contributed by atoms with Crippen LogP contribution in [0.15, 0.2) is 64.1 Å². The van der Waals surface area contributed by atoms with Crippen molar-refractivity contribution in [2.24, 2.45) is 10.9 Å². The third kappa shape index (κ3) is 4.14. The number of amides is 1. The zero-order chi connectivity index (χ0) is 23.9. The summed E-state index contributed by atoms with van der Waals surface area (Å²) in [7, 11) is 0. The SMILES string of the molecule is Cc1cc([C@H]2C[C@H]3[C@@H](C)SC(NC(=O)c4ccccc4)=N[C@@]3(c3ccc(F)cc3F)CO2)on1. The fourth-order valence-corrected chi connectivity index (χ4v) is 5.94. The molecule has 3 aromatic rings. The van der Waals surface area contributed by atoms with Crippen LogP contribution in [-0.2, 0) is 10.3 Å². The second kappa shape index (κ2) is 8.96. The van der Waals surface area contributed by atoms with Crippen molar-refractivity contribution in [2.45, 2.75) is 37.2 Å². The lowest BCUT2D eigenvalue weighted by Crippen LogP contribution is -2.52. The number of hydrogen-bond donors (Lipinski definition) is 1. The number of nitrogens with one attached hydrogen (secondary N) is 1. The maximum Gasteiger partial charge on any atom is 0.257 e. The van der Waals surface area contributed by atoms with Crippen LogP contribution in [0.3, 0.4) is 0 Å². The first-order valence-electron chi connectivity index (χ1n) is 11.0. The summed E-state index contributed by atoms with van der Waals surface area (Å²) in [5.41, 5.74) is 0.343. The van der Waals surface area contributed by atoms with Gasteiger partial charge in [0, 0.05) is 34.4 Å². The molecule has 0 bridgehead atoms. The van der Waals surface area contributed by atoms with Crippen molar-refractivity contribution in [3.05, 3.63) is 88.8 Å².